The summed E-state index contributed by atoms with van der Waals surface area (Å²) in [6.45, 7) is 3.68. The molecule has 5 aliphatic rings. The number of urea groups is 1. The van der Waals surface area contributed by atoms with Crippen LogP contribution in [0.2, 0.25) is 0 Å². The molecule has 2 aromatic heterocycles. The summed E-state index contributed by atoms with van der Waals surface area (Å²) in [6.07, 6.45) is 12.3. The number of benzene rings is 4. The van der Waals surface area contributed by atoms with Gasteiger partial charge in [-0.1, -0.05) is 40.8 Å². The Morgan fingerprint density at radius 2 is 1.09 bits per heavy atom. The highest BCUT2D eigenvalue weighted by molar-refractivity contribution is 6.13. The first-order valence-corrected chi connectivity index (χ1v) is 30.2. The fraction of sp³-hybridized carbons (Fsp3) is 0.431. The van der Waals surface area contributed by atoms with Crippen molar-refractivity contribution < 1.29 is 50.6 Å². The molecule has 0 bridgehead atoms. The lowest BCUT2D eigenvalue weighted by molar-refractivity contribution is -0.141. The van der Waals surface area contributed by atoms with Gasteiger partial charge in [-0.25, -0.2) is 22.9 Å². The number of likely N-dealkylation sites (N-methyl/N-ethyl adjacent to an activating group) is 2. The number of nitrogens with zero attached hydrogens (tertiary/aromatic N) is 13. The van der Waals surface area contributed by atoms with E-state index in [1.165, 1.54) is 48.2 Å². The lowest BCUT2D eigenvalue weighted by Gasteiger charge is -2.35. The molecule has 5 fully saturated rings. The number of rotatable bonds is 22. The van der Waals surface area contributed by atoms with E-state index in [4.69, 9.17) is 8.22 Å². The van der Waals surface area contributed by atoms with E-state index in [1.807, 2.05) is 30.3 Å². The summed E-state index contributed by atoms with van der Waals surface area (Å²) in [4.78, 5) is 96.5. The van der Waals surface area contributed by atoms with Crippen LogP contribution in [0.3, 0.4) is 0 Å². The molecule has 476 valence electrons. The van der Waals surface area contributed by atoms with Gasteiger partial charge in [-0.3, -0.25) is 43.5 Å². The average Bonchev–Trinajstić information content (AvgIpc) is 1.67. The van der Waals surface area contributed by atoms with Crippen LogP contribution in [0.4, 0.5) is 13.6 Å². The lowest BCUT2D eigenvalue weighted by atomic mass is 10.1. The van der Waals surface area contributed by atoms with E-state index in [9.17, 15) is 42.3 Å². The highest BCUT2D eigenvalue weighted by Crippen LogP contribution is 2.45. The van der Waals surface area contributed by atoms with Crippen LogP contribution in [0, 0.1) is 11.6 Å². The second-order valence-electron chi connectivity index (χ2n) is 22.8. The number of aromatic nitrogens is 6. The predicted octanol–water partition coefficient (Wildman–Crippen LogP) is 4.73. The van der Waals surface area contributed by atoms with Crippen molar-refractivity contribution in [3.8, 4) is 11.4 Å². The first-order valence-electron chi connectivity index (χ1n) is 33.2. The zero-order chi connectivity index (χ0) is 68.8. The molecule has 3 aliphatic heterocycles. The normalized spacial score (nSPS) is 21.1. The van der Waals surface area contributed by atoms with Gasteiger partial charge in [0.25, 0.3) is 11.8 Å². The molecule has 6 atom stereocenters. The molecule has 23 nitrogen and oxygen atoms in total. The van der Waals surface area contributed by atoms with Crippen molar-refractivity contribution in [3.63, 3.8) is 0 Å². The van der Waals surface area contributed by atoms with Crippen molar-refractivity contribution in [1.82, 2.24) is 80.2 Å². The number of carbonyl (C=O) groups excluding carboxylic acids is 7. The molecule has 5 heterocycles. The molecule has 4 aromatic carbocycles. The van der Waals surface area contributed by atoms with Crippen LogP contribution in [0.15, 0.2) is 135 Å². The molecule has 0 unspecified atom stereocenters. The van der Waals surface area contributed by atoms with E-state index in [0.717, 1.165) is 45.1 Å². The average molecular weight is 1240 g/mol. The van der Waals surface area contributed by atoms with E-state index in [-0.39, 0.29) is 94.0 Å². The molecule has 90 heavy (non-hydrogen) atoms. The molecule has 6 aromatic rings. The van der Waals surface area contributed by atoms with E-state index >= 15 is 0 Å². The summed E-state index contributed by atoms with van der Waals surface area (Å²) in [6, 6.07) is 25.5. The number of amides is 8. The van der Waals surface area contributed by atoms with Gasteiger partial charge in [0.05, 0.1) is 36.2 Å². The fourth-order valence-electron chi connectivity index (χ4n) is 11.1. The van der Waals surface area contributed by atoms with Crippen LogP contribution in [0.25, 0.3) is 11.4 Å². The largest absolute Gasteiger partial charge is 0.340 e. The molecule has 2 aliphatic carbocycles. The number of nitrogens with one attached hydrogen (secondary N) is 3. The van der Waals surface area contributed by atoms with Gasteiger partial charge in [-0.15, -0.1) is 16.8 Å². The van der Waals surface area contributed by atoms with Crippen molar-refractivity contribution in [1.29, 1.82) is 0 Å². The summed E-state index contributed by atoms with van der Waals surface area (Å²) in [7, 11) is 2.71. The maximum Gasteiger partial charge on any atom is 0.332 e. The Kier molecular flexibility index (Phi) is 19.8. The monoisotopic (exact) mass is 1240 g/mol. The molecule has 2 saturated carbocycles. The van der Waals surface area contributed by atoms with Crippen molar-refractivity contribution in [2.45, 2.75) is 80.9 Å². The number of hydrogen-bond donors (Lipinski definition) is 3. The molecular formula is C65H80F2N16O7. The van der Waals surface area contributed by atoms with Gasteiger partial charge in [0.2, 0.25) is 23.6 Å². The lowest BCUT2D eigenvalue weighted by Crippen LogP contribution is -2.54. The van der Waals surface area contributed by atoms with Crippen LogP contribution in [-0.2, 0) is 19.2 Å². The number of piperazine rings is 2. The topological polar surface area (TPSA) is 240 Å². The van der Waals surface area contributed by atoms with Gasteiger partial charge in [-0.05, 0) is 149 Å². The van der Waals surface area contributed by atoms with Gasteiger partial charge in [0, 0.05) is 116 Å². The predicted molar refractivity (Wildman–Crippen MR) is 332 cm³/mol. The zero-order valence-electron chi connectivity index (χ0n) is 56.5. The van der Waals surface area contributed by atoms with Gasteiger partial charge >= 0.3 is 6.03 Å². The third kappa shape index (κ3) is 17.7. The minimum absolute atomic E-state index is 0.210. The van der Waals surface area contributed by atoms with Crippen LogP contribution in [0.5, 0.6) is 0 Å². The molecule has 0 radical (unpaired) electrons. The summed E-state index contributed by atoms with van der Waals surface area (Å²) in [5.41, 5.74) is 4.54. The molecule has 3 saturated heterocycles. The molecule has 3 N–H and O–H groups in total. The second kappa shape index (κ2) is 31.0. The number of imide groups is 2. The third-order valence-electron chi connectivity index (χ3n) is 16.6. The Balaban J connectivity index is 0.000000195. The third-order valence-corrected chi connectivity index (χ3v) is 16.6. The molecule has 8 amide bonds. The Labute approximate surface area is 531 Å². The Morgan fingerprint density at radius 3 is 1.52 bits per heavy atom. The summed E-state index contributed by atoms with van der Waals surface area (Å²) in [5.74, 6) is -1.87. The minimum Gasteiger partial charge on any atom is -0.340 e. The highest BCUT2D eigenvalue weighted by Gasteiger charge is 2.42. The quantitative estimate of drug-likeness (QED) is 0.0473. The maximum atomic E-state index is 13.7. The van der Waals surface area contributed by atoms with Crippen molar-refractivity contribution in [2.24, 2.45) is 0 Å². The number of carbonyl (C=O) groups is 7. The standard InChI is InChI=1S/C31H38FN7O2.C28H34FN7O2.C6H8N2O3/c1-3-15-37(29-22-27(29)23-6-10-25(32)11-7-23)16-4-5-28(31(41)38-20-18-36(2)19-21-38)34-30(40)24-8-12-26(13-9-24)39-17-14-33-35-39;1-34-15-17-35(18-16-34)28(38)25(3-2-12-30-26-19-24(26)20-4-8-22(29)9-5-20)32-27(37)21-6-10-23(11-7-21)36-14-13-31-33-36;1-7-4(9)3-5(10)8(2)6(7)11/h3,6-14,17,27-29H,1,4-5,15-16,18-22H2,2H3,(H,34,40);4-11,13-14,24-26,30H,2-3,12,15-19H2,1H3,(H,32,37);3H2,1-2H3/t27-,28-,29+;24-,25-,26+;/m00./s1/i2D3;1D3;. The van der Waals surface area contributed by atoms with Crippen molar-refractivity contribution in [3.05, 3.63) is 168 Å². The van der Waals surface area contributed by atoms with Gasteiger partial charge in [-0.2, -0.15) is 0 Å². The smallest absolute Gasteiger partial charge is 0.332 e. The molecule has 0 spiro atoms. The van der Waals surface area contributed by atoms with Crippen LogP contribution < -0.4 is 16.0 Å². The minimum atomic E-state index is -2.20. The summed E-state index contributed by atoms with van der Waals surface area (Å²) in [5, 5.41) is 24.9. The van der Waals surface area contributed by atoms with E-state index in [1.54, 1.807) is 92.5 Å². The first-order chi connectivity index (χ1) is 45.9. The molecular weight excluding hydrogens is 1150 g/mol. The SMILES string of the molecule is CN1C(=O)CC(=O)N(C)C1=O.[2H]C([2H])([2H])N1CCN(C(=O)[C@H](CCCN(CC=C)[C@@H]2C[C@H]2c2ccc(F)cc2)NC(=O)c2ccc(-n3ccnn3)cc2)CC1.[2H]C([2H])([2H])N1CCN(C(=O)[C@H](CCCN[C@@H]2C[C@H]2c2ccc(F)cc2)NC(=O)c2ccc(-n3ccnn3)cc2)CC1. The number of barbiturate groups is 1. The van der Waals surface area contributed by atoms with E-state index in [2.05, 4.69) is 48.1 Å². The van der Waals surface area contributed by atoms with Crippen LogP contribution in [0.1, 0.15) is 96.8 Å². The summed E-state index contributed by atoms with van der Waals surface area (Å²) >= 11 is 0. The maximum absolute atomic E-state index is 13.7. The zero-order valence-corrected chi connectivity index (χ0v) is 50.5. The Hall–Kier alpha value is -8.91. The Bertz CT molecular complexity index is 3590. The highest BCUT2D eigenvalue weighted by atomic mass is 19.1. The molecule has 25 heteroatoms. The van der Waals surface area contributed by atoms with E-state index < -0.39 is 43.9 Å². The van der Waals surface area contributed by atoms with Gasteiger partial charge in [0.15, 0.2) is 0 Å². The molecule has 11 rings (SSSR count). The van der Waals surface area contributed by atoms with Crippen molar-refractivity contribution >= 4 is 41.5 Å². The number of halogens is 2. The second-order valence-corrected chi connectivity index (χ2v) is 22.8. The van der Waals surface area contributed by atoms with Crippen LogP contribution in [-0.4, -0.2) is 230 Å². The van der Waals surface area contributed by atoms with Crippen molar-refractivity contribution in [2.75, 3.05) is 100 Å². The van der Waals surface area contributed by atoms with Gasteiger partial charge < -0.3 is 35.6 Å². The van der Waals surface area contributed by atoms with Gasteiger partial charge in [0.1, 0.15) is 30.1 Å². The fourth-order valence-corrected chi connectivity index (χ4v) is 11.1. The van der Waals surface area contributed by atoms with Crippen LogP contribution >= 0.6 is 0 Å². The summed E-state index contributed by atoms with van der Waals surface area (Å²) < 4.78 is 75.7. The van der Waals surface area contributed by atoms with E-state index in [0.29, 0.717) is 80.4 Å². The Morgan fingerprint density at radius 1 is 0.633 bits per heavy atom. The number of hydrogen-bond acceptors (Lipinski definition) is 15. The first kappa shape index (κ1) is 57.5.